The lowest BCUT2D eigenvalue weighted by atomic mass is 10.1. The highest BCUT2D eigenvalue weighted by molar-refractivity contribution is 7.85. The Labute approximate surface area is 165 Å². The van der Waals surface area contributed by atoms with E-state index in [1.807, 2.05) is 6.07 Å². The normalized spacial score (nSPS) is 36.5. The van der Waals surface area contributed by atoms with Crippen molar-refractivity contribution in [1.29, 1.82) is 0 Å². The third-order valence-electron chi connectivity index (χ3n) is 4.87. The van der Waals surface area contributed by atoms with Gasteiger partial charge in [-0.2, -0.15) is 8.42 Å². The smallest absolute Gasteiger partial charge is 0.271 e. The molecule has 1 aromatic carbocycles. The molecule has 3 heterocycles. The first-order valence-corrected chi connectivity index (χ1v) is 10.9. The lowest BCUT2D eigenvalue weighted by molar-refractivity contribution is -0.230. The molecule has 0 spiro atoms. The lowest BCUT2D eigenvalue weighted by Crippen LogP contribution is -2.45. The van der Waals surface area contributed by atoms with Gasteiger partial charge in [0.1, 0.15) is 30.2 Å². The topological polar surface area (TPSA) is 89.5 Å². The first-order chi connectivity index (χ1) is 13.0. The molecule has 3 aliphatic rings. The van der Waals surface area contributed by atoms with Crippen molar-refractivity contribution in [3.8, 4) is 0 Å². The SMILES string of the molecule is CC1(C)O[C@@H]2O[C@@H]([C@H]3COC(C)(C)O3)[C@@H](OS(=O)(=O)Cc3ccccc3)[C@@H]2O1. The number of hydrogen-bond acceptors (Lipinski definition) is 8. The summed E-state index contributed by atoms with van der Waals surface area (Å²) in [6.07, 6.45) is -3.50. The molecule has 0 bridgehead atoms. The van der Waals surface area contributed by atoms with E-state index in [0.29, 0.717) is 5.56 Å². The zero-order valence-corrected chi connectivity index (χ0v) is 17.2. The molecule has 0 N–H and O–H groups in total. The molecule has 0 aromatic heterocycles. The maximum absolute atomic E-state index is 12.7. The number of ether oxygens (including phenoxy) is 5. The summed E-state index contributed by atoms with van der Waals surface area (Å²) in [5.74, 6) is -1.91. The molecule has 0 amide bonds. The summed E-state index contributed by atoms with van der Waals surface area (Å²) in [7, 11) is -3.90. The number of rotatable bonds is 5. The van der Waals surface area contributed by atoms with Crippen LogP contribution in [-0.4, -0.2) is 57.3 Å². The lowest BCUT2D eigenvalue weighted by Gasteiger charge is -2.28. The number of benzene rings is 1. The predicted octanol–water partition coefficient (Wildman–Crippen LogP) is 1.93. The Kier molecular flexibility index (Phi) is 5.06. The van der Waals surface area contributed by atoms with E-state index < -0.39 is 52.4 Å². The van der Waals surface area contributed by atoms with Crippen LogP contribution in [0.15, 0.2) is 30.3 Å². The van der Waals surface area contributed by atoms with Gasteiger partial charge in [-0.1, -0.05) is 30.3 Å². The predicted molar refractivity (Wildman–Crippen MR) is 97.5 cm³/mol. The van der Waals surface area contributed by atoms with E-state index in [1.165, 1.54) is 0 Å². The van der Waals surface area contributed by atoms with Gasteiger partial charge < -0.3 is 23.7 Å². The summed E-state index contributed by atoms with van der Waals surface area (Å²) >= 11 is 0. The molecule has 3 saturated heterocycles. The molecule has 8 nitrogen and oxygen atoms in total. The first kappa shape index (κ1) is 20.2. The minimum absolute atomic E-state index is 0.244. The van der Waals surface area contributed by atoms with Crippen molar-refractivity contribution in [2.24, 2.45) is 0 Å². The average molecular weight is 414 g/mol. The van der Waals surface area contributed by atoms with Crippen LogP contribution in [0.1, 0.15) is 33.3 Å². The molecule has 3 fully saturated rings. The Morgan fingerprint density at radius 2 is 1.71 bits per heavy atom. The number of fused-ring (bicyclic) bond motifs is 1. The van der Waals surface area contributed by atoms with Gasteiger partial charge in [-0.3, -0.25) is 4.18 Å². The second-order valence-corrected chi connectivity index (χ2v) is 9.78. The van der Waals surface area contributed by atoms with Crippen molar-refractivity contribution in [2.75, 3.05) is 6.61 Å². The van der Waals surface area contributed by atoms with Crippen LogP contribution in [0.3, 0.4) is 0 Å². The fraction of sp³-hybridized carbons (Fsp3) is 0.684. The van der Waals surface area contributed by atoms with Crippen LogP contribution in [0.25, 0.3) is 0 Å². The number of hydrogen-bond donors (Lipinski definition) is 0. The van der Waals surface area contributed by atoms with Gasteiger partial charge in [0.15, 0.2) is 17.9 Å². The quantitative estimate of drug-likeness (QED) is 0.676. The van der Waals surface area contributed by atoms with E-state index in [4.69, 9.17) is 27.9 Å². The van der Waals surface area contributed by atoms with Crippen LogP contribution < -0.4 is 0 Å². The van der Waals surface area contributed by atoms with Crippen LogP contribution in [0.5, 0.6) is 0 Å². The van der Waals surface area contributed by atoms with E-state index in [1.54, 1.807) is 52.0 Å². The highest BCUT2D eigenvalue weighted by atomic mass is 32.2. The van der Waals surface area contributed by atoms with Gasteiger partial charge in [0.2, 0.25) is 0 Å². The van der Waals surface area contributed by atoms with Crippen LogP contribution in [0.2, 0.25) is 0 Å². The minimum atomic E-state index is -3.90. The van der Waals surface area contributed by atoms with Crippen molar-refractivity contribution in [3.05, 3.63) is 35.9 Å². The molecule has 0 unspecified atom stereocenters. The Hall–Kier alpha value is -1.07. The van der Waals surface area contributed by atoms with Crippen molar-refractivity contribution in [1.82, 2.24) is 0 Å². The summed E-state index contributed by atoms with van der Waals surface area (Å²) < 4.78 is 60.2. The highest BCUT2D eigenvalue weighted by Gasteiger charge is 2.60. The minimum Gasteiger partial charge on any atom is -0.348 e. The van der Waals surface area contributed by atoms with Gasteiger partial charge in [-0.15, -0.1) is 0 Å². The molecule has 1 aromatic rings. The molecular formula is C19H26O8S. The van der Waals surface area contributed by atoms with Gasteiger partial charge in [0, 0.05) is 0 Å². The first-order valence-electron chi connectivity index (χ1n) is 9.31. The molecule has 0 radical (unpaired) electrons. The summed E-state index contributed by atoms with van der Waals surface area (Å²) in [5.41, 5.74) is 0.639. The Morgan fingerprint density at radius 1 is 1.00 bits per heavy atom. The van der Waals surface area contributed by atoms with Gasteiger partial charge in [-0.25, -0.2) is 0 Å². The van der Waals surface area contributed by atoms with Gasteiger partial charge in [0.25, 0.3) is 10.1 Å². The van der Waals surface area contributed by atoms with Gasteiger partial charge >= 0.3 is 0 Å². The van der Waals surface area contributed by atoms with Crippen molar-refractivity contribution < 1.29 is 36.3 Å². The Morgan fingerprint density at radius 3 is 2.36 bits per heavy atom. The van der Waals surface area contributed by atoms with Crippen LogP contribution in [-0.2, 0) is 43.7 Å². The second-order valence-electron chi connectivity index (χ2n) is 8.18. The third kappa shape index (κ3) is 4.25. The summed E-state index contributed by atoms with van der Waals surface area (Å²) in [6.45, 7) is 7.34. The van der Waals surface area contributed by atoms with E-state index in [0.717, 1.165) is 0 Å². The van der Waals surface area contributed by atoms with Crippen LogP contribution in [0.4, 0.5) is 0 Å². The highest BCUT2D eigenvalue weighted by Crippen LogP contribution is 2.42. The summed E-state index contributed by atoms with van der Waals surface area (Å²) in [6, 6.07) is 8.87. The van der Waals surface area contributed by atoms with E-state index >= 15 is 0 Å². The van der Waals surface area contributed by atoms with E-state index in [9.17, 15) is 8.42 Å². The molecule has 5 atom stereocenters. The molecule has 0 saturated carbocycles. The molecule has 156 valence electrons. The zero-order valence-electron chi connectivity index (χ0n) is 16.4. The van der Waals surface area contributed by atoms with Crippen molar-refractivity contribution in [2.45, 2.75) is 75.7 Å². The molecule has 9 heteroatoms. The molecule has 28 heavy (non-hydrogen) atoms. The Bertz CT molecular complexity index is 806. The van der Waals surface area contributed by atoms with E-state index in [2.05, 4.69) is 0 Å². The van der Waals surface area contributed by atoms with Gasteiger partial charge in [-0.05, 0) is 33.3 Å². The summed E-state index contributed by atoms with van der Waals surface area (Å²) in [5, 5.41) is 0. The zero-order chi connectivity index (χ0) is 20.2. The van der Waals surface area contributed by atoms with Crippen molar-refractivity contribution >= 4 is 10.1 Å². The monoisotopic (exact) mass is 414 g/mol. The Balaban J connectivity index is 1.55. The van der Waals surface area contributed by atoms with Gasteiger partial charge in [0.05, 0.1) is 6.61 Å². The molecule has 0 aliphatic carbocycles. The molecule has 3 aliphatic heterocycles. The largest absolute Gasteiger partial charge is 0.348 e. The fourth-order valence-electron chi connectivity index (χ4n) is 3.77. The maximum atomic E-state index is 12.7. The molecule has 4 rings (SSSR count). The van der Waals surface area contributed by atoms with Crippen LogP contribution >= 0.6 is 0 Å². The third-order valence-corrected chi connectivity index (χ3v) is 6.07. The average Bonchev–Trinajstić information content (AvgIpc) is 3.18. The van der Waals surface area contributed by atoms with Crippen LogP contribution in [0, 0.1) is 0 Å². The van der Waals surface area contributed by atoms with Crippen molar-refractivity contribution in [3.63, 3.8) is 0 Å². The van der Waals surface area contributed by atoms with E-state index in [-0.39, 0.29) is 12.4 Å². The molecular weight excluding hydrogens is 388 g/mol. The second kappa shape index (κ2) is 7.02. The summed E-state index contributed by atoms with van der Waals surface area (Å²) in [4.78, 5) is 0. The fourth-order valence-corrected chi connectivity index (χ4v) is 5.00. The maximum Gasteiger partial charge on any atom is 0.271 e. The standard InChI is InChI=1S/C19H26O8S/c1-18(2)22-10-13(24-18)14-15(16-17(23-14)26-19(3,4)25-16)27-28(20,21)11-12-8-6-5-7-9-12/h5-9,13-17H,10-11H2,1-4H3/t13-,14+,15-,16+,17+/m1/s1.